The molecule has 0 radical (unpaired) electrons. The number of hydrogen-bond acceptors (Lipinski definition) is 3. The SMILES string of the molecule is Nc1ccc(CNC(=O)C[C@H]2Cn3c(cc4ccccc43)C(=O)N2)cc1. The van der Waals surface area contributed by atoms with E-state index in [-0.39, 0.29) is 24.3 Å². The first-order valence-electron chi connectivity index (χ1n) is 8.60. The van der Waals surface area contributed by atoms with Crippen molar-refractivity contribution >= 4 is 28.4 Å². The number of rotatable bonds is 4. The zero-order chi connectivity index (χ0) is 18.1. The minimum Gasteiger partial charge on any atom is -0.399 e. The summed E-state index contributed by atoms with van der Waals surface area (Å²) < 4.78 is 1.99. The Balaban J connectivity index is 1.42. The van der Waals surface area contributed by atoms with E-state index in [1.807, 2.05) is 59.2 Å². The number of carbonyl (C=O) groups is 2. The van der Waals surface area contributed by atoms with Gasteiger partial charge in [-0.3, -0.25) is 9.59 Å². The average molecular weight is 348 g/mol. The maximum Gasteiger partial charge on any atom is 0.268 e. The van der Waals surface area contributed by atoms with Gasteiger partial charge in [-0.15, -0.1) is 0 Å². The third kappa shape index (κ3) is 3.13. The van der Waals surface area contributed by atoms with Crippen LogP contribution < -0.4 is 16.4 Å². The molecule has 0 bridgehead atoms. The molecule has 26 heavy (non-hydrogen) atoms. The minimum absolute atomic E-state index is 0.0907. The van der Waals surface area contributed by atoms with Gasteiger partial charge in [-0.2, -0.15) is 0 Å². The van der Waals surface area contributed by atoms with Gasteiger partial charge in [-0.1, -0.05) is 30.3 Å². The number of carbonyl (C=O) groups excluding carboxylic acids is 2. The van der Waals surface area contributed by atoms with Gasteiger partial charge in [-0.05, 0) is 29.8 Å². The predicted molar refractivity (Wildman–Crippen MR) is 101 cm³/mol. The summed E-state index contributed by atoms with van der Waals surface area (Å²) in [7, 11) is 0. The molecule has 1 aliphatic heterocycles. The van der Waals surface area contributed by atoms with Crippen molar-refractivity contribution in [1.82, 2.24) is 15.2 Å². The summed E-state index contributed by atoms with van der Waals surface area (Å²) in [4.78, 5) is 24.7. The molecule has 1 atom stereocenters. The molecule has 3 aromatic rings. The number of fused-ring (bicyclic) bond motifs is 3. The van der Waals surface area contributed by atoms with Gasteiger partial charge >= 0.3 is 0 Å². The standard InChI is InChI=1S/C20H20N4O2/c21-15-7-5-13(6-8-15)11-22-19(25)10-16-12-24-17-4-2-1-3-14(17)9-18(24)20(26)23-16/h1-9,16H,10-12,21H2,(H,22,25)(H,23,26)/t16-/m0/s1. The van der Waals surface area contributed by atoms with Gasteiger partial charge in [0.25, 0.3) is 5.91 Å². The Labute approximate surface area is 151 Å². The number of amides is 2. The topological polar surface area (TPSA) is 89.2 Å². The van der Waals surface area contributed by atoms with Crippen molar-refractivity contribution in [3.8, 4) is 0 Å². The molecular formula is C20H20N4O2. The van der Waals surface area contributed by atoms with Crippen LogP contribution >= 0.6 is 0 Å². The van der Waals surface area contributed by atoms with Crippen molar-refractivity contribution in [1.29, 1.82) is 0 Å². The number of hydrogen-bond donors (Lipinski definition) is 3. The Morgan fingerprint density at radius 1 is 1.19 bits per heavy atom. The molecule has 0 aliphatic carbocycles. The first kappa shape index (κ1) is 16.2. The van der Waals surface area contributed by atoms with Gasteiger partial charge in [0.2, 0.25) is 5.91 Å². The Morgan fingerprint density at radius 3 is 2.77 bits per heavy atom. The lowest BCUT2D eigenvalue weighted by Crippen LogP contribution is -2.46. The Morgan fingerprint density at radius 2 is 1.96 bits per heavy atom. The highest BCUT2D eigenvalue weighted by Crippen LogP contribution is 2.23. The molecular weight excluding hydrogens is 328 g/mol. The van der Waals surface area contributed by atoms with E-state index in [9.17, 15) is 9.59 Å². The zero-order valence-corrected chi connectivity index (χ0v) is 14.2. The molecule has 2 amide bonds. The second-order valence-electron chi connectivity index (χ2n) is 6.59. The van der Waals surface area contributed by atoms with Gasteiger partial charge in [0, 0.05) is 36.1 Å². The fourth-order valence-electron chi connectivity index (χ4n) is 3.37. The third-order valence-electron chi connectivity index (χ3n) is 4.68. The Bertz CT molecular complexity index is 975. The van der Waals surface area contributed by atoms with Crippen LogP contribution in [0.15, 0.2) is 54.6 Å². The molecule has 2 aromatic carbocycles. The Hall–Kier alpha value is -3.28. The summed E-state index contributed by atoms with van der Waals surface area (Å²) in [6.07, 6.45) is 0.243. The molecule has 0 saturated carbocycles. The van der Waals surface area contributed by atoms with E-state index in [1.54, 1.807) is 0 Å². The van der Waals surface area contributed by atoms with E-state index >= 15 is 0 Å². The predicted octanol–water partition coefficient (Wildman–Crippen LogP) is 2.04. The normalized spacial score (nSPS) is 16.2. The summed E-state index contributed by atoms with van der Waals surface area (Å²) in [5.41, 5.74) is 9.00. The molecule has 0 spiro atoms. The molecule has 4 rings (SSSR count). The number of nitrogens with one attached hydrogen (secondary N) is 2. The maximum atomic E-state index is 12.4. The van der Waals surface area contributed by atoms with Crippen molar-refractivity contribution in [2.45, 2.75) is 25.6 Å². The fraction of sp³-hybridized carbons (Fsp3) is 0.200. The first-order chi connectivity index (χ1) is 12.6. The number of nitrogens with two attached hydrogens (primary N) is 1. The quantitative estimate of drug-likeness (QED) is 0.630. The van der Waals surface area contributed by atoms with Gasteiger partial charge in [0.1, 0.15) is 5.69 Å². The number of benzene rings is 2. The molecule has 132 valence electrons. The van der Waals surface area contributed by atoms with E-state index < -0.39 is 0 Å². The lowest BCUT2D eigenvalue weighted by molar-refractivity contribution is -0.121. The molecule has 4 N–H and O–H groups in total. The minimum atomic E-state index is -0.225. The van der Waals surface area contributed by atoms with E-state index in [0.717, 1.165) is 16.5 Å². The fourth-order valence-corrected chi connectivity index (χ4v) is 3.37. The molecule has 0 fully saturated rings. The first-order valence-corrected chi connectivity index (χ1v) is 8.60. The van der Waals surface area contributed by atoms with Crippen LogP contribution in [0.5, 0.6) is 0 Å². The highest BCUT2D eigenvalue weighted by atomic mass is 16.2. The smallest absolute Gasteiger partial charge is 0.268 e. The highest BCUT2D eigenvalue weighted by molar-refractivity contribution is 6.00. The van der Waals surface area contributed by atoms with Crippen molar-refractivity contribution in [3.63, 3.8) is 0 Å². The van der Waals surface area contributed by atoms with E-state index in [0.29, 0.717) is 24.5 Å². The number of para-hydroxylation sites is 1. The van der Waals surface area contributed by atoms with Gasteiger partial charge in [0.15, 0.2) is 0 Å². The van der Waals surface area contributed by atoms with Crippen LogP contribution in [0, 0.1) is 0 Å². The maximum absolute atomic E-state index is 12.4. The lowest BCUT2D eigenvalue weighted by Gasteiger charge is -2.26. The van der Waals surface area contributed by atoms with Crippen LogP contribution in [-0.4, -0.2) is 22.4 Å². The monoisotopic (exact) mass is 348 g/mol. The van der Waals surface area contributed by atoms with Gasteiger partial charge in [0.05, 0.1) is 6.04 Å². The molecule has 0 saturated heterocycles. The second kappa shape index (κ2) is 6.55. The Kier molecular flexibility index (Phi) is 4.08. The van der Waals surface area contributed by atoms with E-state index in [4.69, 9.17) is 5.73 Å². The largest absolute Gasteiger partial charge is 0.399 e. The van der Waals surface area contributed by atoms with Crippen LogP contribution in [0.3, 0.4) is 0 Å². The van der Waals surface area contributed by atoms with Gasteiger partial charge < -0.3 is 20.9 Å². The molecule has 0 unspecified atom stereocenters. The average Bonchev–Trinajstić information content (AvgIpc) is 3.01. The van der Waals surface area contributed by atoms with Crippen LogP contribution in [0.2, 0.25) is 0 Å². The van der Waals surface area contributed by atoms with Crippen molar-refractivity contribution in [2.24, 2.45) is 0 Å². The van der Waals surface area contributed by atoms with Crippen LogP contribution in [0.4, 0.5) is 5.69 Å². The third-order valence-corrected chi connectivity index (χ3v) is 4.68. The van der Waals surface area contributed by atoms with E-state index in [1.165, 1.54) is 0 Å². The van der Waals surface area contributed by atoms with Crippen LogP contribution in [0.25, 0.3) is 10.9 Å². The molecule has 6 heteroatoms. The summed E-state index contributed by atoms with van der Waals surface area (Å²) >= 11 is 0. The zero-order valence-electron chi connectivity index (χ0n) is 14.2. The van der Waals surface area contributed by atoms with Gasteiger partial charge in [-0.25, -0.2) is 0 Å². The number of aromatic nitrogens is 1. The second-order valence-corrected chi connectivity index (χ2v) is 6.59. The van der Waals surface area contributed by atoms with Crippen molar-refractivity contribution in [2.75, 3.05) is 5.73 Å². The lowest BCUT2D eigenvalue weighted by atomic mass is 10.1. The highest BCUT2D eigenvalue weighted by Gasteiger charge is 2.27. The van der Waals surface area contributed by atoms with Crippen LogP contribution in [0.1, 0.15) is 22.5 Å². The molecule has 1 aliphatic rings. The molecule has 1 aromatic heterocycles. The number of nitrogen functional groups attached to an aromatic ring is 1. The summed E-state index contributed by atoms with van der Waals surface area (Å²) in [6.45, 7) is 1.03. The summed E-state index contributed by atoms with van der Waals surface area (Å²) in [5, 5.41) is 6.86. The summed E-state index contributed by atoms with van der Waals surface area (Å²) in [6, 6.07) is 16.9. The molecule has 2 heterocycles. The number of nitrogens with zero attached hydrogens (tertiary/aromatic N) is 1. The van der Waals surface area contributed by atoms with E-state index in [2.05, 4.69) is 10.6 Å². The van der Waals surface area contributed by atoms with Crippen LogP contribution in [-0.2, 0) is 17.9 Å². The van der Waals surface area contributed by atoms with Crippen molar-refractivity contribution < 1.29 is 9.59 Å². The number of anilines is 1. The summed E-state index contributed by atoms with van der Waals surface area (Å²) in [5.74, 6) is -0.226. The molecule has 6 nitrogen and oxygen atoms in total. The van der Waals surface area contributed by atoms with Crippen molar-refractivity contribution in [3.05, 3.63) is 65.9 Å².